The molecule has 0 aromatic carbocycles. The number of nitrogens with zero attached hydrogens (tertiary/aromatic N) is 3. The summed E-state index contributed by atoms with van der Waals surface area (Å²) >= 11 is 0. The molecule has 1 saturated heterocycles. The maximum atomic E-state index is 11.6. The molecule has 1 amide bonds. The van der Waals surface area contributed by atoms with Crippen molar-refractivity contribution in [3.05, 3.63) is 5.82 Å². The summed E-state index contributed by atoms with van der Waals surface area (Å²) in [5, 5.41) is 19.1. The van der Waals surface area contributed by atoms with Crippen LogP contribution in [0.25, 0.3) is 0 Å². The van der Waals surface area contributed by atoms with Crippen molar-refractivity contribution in [1.29, 1.82) is 0 Å². The fraction of sp³-hybridized carbons (Fsp3) is 0.750. The molecule has 2 unspecified atom stereocenters. The summed E-state index contributed by atoms with van der Waals surface area (Å²) in [6.45, 7) is 3.03. The van der Waals surface area contributed by atoms with Crippen LogP contribution < -0.4 is 10.6 Å². The second-order valence-corrected chi connectivity index (χ2v) is 3.79. The third-order valence-corrected chi connectivity index (χ3v) is 2.51. The van der Waals surface area contributed by atoms with E-state index in [0.717, 1.165) is 19.4 Å². The van der Waals surface area contributed by atoms with Crippen molar-refractivity contribution >= 4 is 5.91 Å². The number of aromatic nitrogens is 4. The van der Waals surface area contributed by atoms with Crippen molar-refractivity contribution in [2.24, 2.45) is 0 Å². The van der Waals surface area contributed by atoms with Gasteiger partial charge < -0.3 is 10.6 Å². The normalized spacial score (nSPS) is 26.2. The summed E-state index contributed by atoms with van der Waals surface area (Å²) in [6, 6.07) is 0.640. The minimum atomic E-state index is -0.261. The highest BCUT2D eigenvalue weighted by atomic mass is 16.2. The molecule has 0 radical (unpaired) electrons. The lowest BCUT2D eigenvalue weighted by Gasteiger charge is -2.28. The number of H-pyrrole nitrogens is 1. The second kappa shape index (κ2) is 4.35. The fourth-order valence-corrected chi connectivity index (χ4v) is 1.77. The van der Waals surface area contributed by atoms with Crippen molar-refractivity contribution in [2.75, 3.05) is 6.54 Å². The Morgan fingerprint density at radius 1 is 1.60 bits per heavy atom. The molecule has 82 valence electrons. The summed E-state index contributed by atoms with van der Waals surface area (Å²) in [6.07, 6.45) is 1.87. The number of hydrogen-bond donors (Lipinski definition) is 3. The summed E-state index contributed by atoms with van der Waals surface area (Å²) in [4.78, 5) is 11.6. The molecule has 2 atom stereocenters. The molecule has 1 aliphatic rings. The Labute approximate surface area is 87.0 Å². The Hall–Kier alpha value is -1.50. The van der Waals surface area contributed by atoms with E-state index < -0.39 is 0 Å². The Bertz CT molecular complexity index is 324. The zero-order valence-electron chi connectivity index (χ0n) is 8.53. The van der Waals surface area contributed by atoms with E-state index in [-0.39, 0.29) is 17.8 Å². The number of carbonyl (C=O) groups is 1. The molecule has 1 fully saturated rings. The Balaban J connectivity index is 1.89. The lowest BCUT2D eigenvalue weighted by Crippen LogP contribution is -2.46. The van der Waals surface area contributed by atoms with Crippen LogP contribution in [-0.2, 0) is 0 Å². The number of aromatic amines is 1. The van der Waals surface area contributed by atoms with E-state index in [1.54, 1.807) is 0 Å². The van der Waals surface area contributed by atoms with Gasteiger partial charge in [0.25, 0.3) is 11.7 Å². The first-order chi connectivity index (χ1) is 7.25. The van der Waals surface area contributed by atoms with Crippen LogP contribution in [0, 0.1) is 0 Å². The van der Waals surface area contributed by atoms with E-state index in [9.17, 15) is 4.79 Å². The van der Waals surface area contributed by atoms with Crippen LogP contribution in [-0.4, -0.2) is 45.2 Å². The van der Waals surface area contributed by atoms with Crippen molar-refractivity contribution < 1.29 is 4.79 Å². The van der Waals surface area contributed by atoms with Crippen molar-refractivity contribution in [3.8, 4) is 0 Å². The summed E-state index contributed by atoms with van der Waals surface area (Å²) in [7, 11) is 0. The van der Waals surface area contributed by atoms with Gasteiger partial charge in [0.2, 0.25) is 0 Å². The molecule has 7 nitrogen and oxygen atoms in total. The van der Waals surface area contributed by atoms with Gasteiger partial charge in [0.05, 0.1) is 0 Å². The van der Waals surface area contributed by atoms with Crippen molar-refractivity contribution in [3.63, 3.8) is 0 Å². The zero-order valence-corrected chi connectivity index (χ0v) is 8.53. The predicted molar refractivity (Wildman–Crippen MR) is 52.1 cm³/mol. The molecule has 1 aliphatic heterocycles. The van der Waals surface area contributed by atoms with E-state index in [4.69, 9.17) is 0 Å². The average molecular weight is 210 g/mol. The monoisotopic (exact) mass is 210 g/mol. The largest absolute Gasteiger partial charge is 0.346 e. The van der Waals surface area contributed by atoms with Crippen LogP contribution in [0.5, 0.6) is 0 Å². The van der Waals surface area contributed by atoms with Crippen LogP contribution in [0.4, 0.5) is 0 Å². The molecule has 0 saturated carbocycles. The fourth-order valence-electron chi connectivity index (χ4n) is 1.77. The Kier molecular flexibility index (Phi) is 2.91. The molecule has 0 bridgehead atoms. The third kappa shape index (κ3) is 2.50. The molecule has 3 N–H and O–H groups in total. The van der Waals surface area contributed by atoms with Crippen molar-refractivity contribution in [1.82, 2.24) is 31.3 Å². The lowest BCUT2D eigenvalue weighted by molar-refractivity contribution is 0.0915. The molecule has 0 aliphatic carbocycles. The maximum absolute atomic E-state index is 11.6. The number of carbonyl (C=O) groups excluding carboxylic acids is 1. The van der Waals surface area contributed by atoms with Gasteiger partial charge in [-0.1, -0.05) is 0 Å². The highest BCUT2D eigenvalue weighted by molar-refractivity contribution is 5.90. The minimum absolute atomic E-state index is 0.0983. The number of rotatable bonds is 2. The SMILES string of the molecule is CC1CC(NC(=O)c2nn[nH]n2)CCN1. The Morgan fingerprint density at radius 2 is 2.47 bits per heavy atom. The van der Waals surface area contributed by atoms with Gasteiger partial charge in [0.1, 0.15) is 0 Å². The molecular weight excluding hydrogens is 196 g/mol. The predicted octanol–water partition coefficient (Wildman–Crippen LogP) is -0.930. The van der Waals surface area contributed by atoms with Crippen molar-refractivity contribution in [2.45, 2.75) is 31.8 Å². The maximum Gasteiger partial charge on any atom is 0.293 e. The number of nitrogens with one attached hydrogen (secondary N) is 3. The molecule has 0 spiro atoms. The van der Waals surface area contributed by atoms with Gasteiger partial charge in [0.15, 0.2) is 0 Å². The lowest BCUT2D eigenvalue weighted by atomic mass is 10.0. The smallest absolute Gasteiger partial charge is 0.293 e. The summed E-state index contributed by atoms with van der Waals surface area (Å²) in [5.74, 6) is -0.163. The highest BCUT2D eigenvalue weighted by Gasteiger charge is 2.21. The van der Waals surface area contributed by atoms with Crippen LogP contribution in [0.3, 0.4) is 0 Å². The zero-order chi connectivity index (χ0) is 10.7. The summed E-state index contributed by atoms with van der Waals surface area (Å²) in [5.41, 5.74) is 0. The third-order valence-electron chi connectivity index (χ3n) is 2.51. The summed E-state index contributed by atoms with van der Waals surface area (Å²) < 4.78 is 0. The van der Waals surface area contributed by atoms with Gasteiger partial charge >= 0.3 is 0 Å². The van der Waals surface area contributed by atoms with Gasteiger partial charge in [-0.05, 0) is 31.5 Å². The number of amides is 1. The van der Waals surface area contributed by atoms with Gasteiger partial charge in [-0.3, -0.25) is 4.79 Å². The Morgan fingerprint density at radius 3 is 3.13 bits per heavy atom. The van der Waals surface area contributed by atoms with Gasteiger partial charge in [-0.15, -0.1) is 10.2 Å². The first-order valence-corrected chi connectivity index (χ1v) is 5.03. The molecule has 1 aromatic heterocycles. The molecule has 2 heterocycles. The highest BCUT2D eigenvalue weighted by Crippen LogP contribution is 2.08. The number of hydrogen-bond acceptors (Lipinski definition) is 5. The molecular formula is C8H14N6O. The first-order valence-electron chi connectivity index (χ1n) is 5.03. The first kappa shape index (κ1) is 10.0. The van der Waals surface area contributed by atoms with E-state index >= 15 is 0 Å². The van der Waals surface area contributed by atoms with E-state index in [1.165, 1.54) is 0 Å². The van der Waals surface area contributed by atoms with E-state index in [2.05, 4.69) is 38.2 Å². The van der Waals surface area contributed by atoms with E-state index in [1.807, 2.05) is 0 Å². The van der Waals surface area contributed by atoms with Crippen LogP contribution >= 0.6 is 0 Å². The van der Waals surface area contributed by atoms with Crippen LogP contribution in [0.15, 0.2) is 0 Å². The van der Waals surface area contributed by atoms with Crippen LogP contribution in [0.1, 0.15) is 30.4 Å². The molecule has 2 rings (SSSR count). The number of piperidine rings is 1. The number of tetrazole rings is 1. The van der Waals surface area contributed by atoms with Gasteiger partial charge in [-0.2, -0.15) is 5.21 Å². The van der Waals surface area contributed by atoms with Crippen LogP contribution in [0.2, 0.25) is 0 Å². The molecule has 15 heavy (non-hydrogen) atoms. The molecule has 7 heteroatoms. The quantitative estimate of drug-likeness (QED) is 0.586. The second-order valence-electron chi connectivity index (χ2n) is 3.79. The average Bonchev–Trinajstić information content (AvgIpc) is 2.70. The molecule has 1 aromatic rings. The van der Waals surface area contributed by atoms with E-state index in [0.29, 0.717) is 6.04 Å². The topological polar surface area (TPSA) is 95.6 Å². The van der Waals surface area contributed by atoms with Gasteiger partial charge in [-0.25, -0.2) is 0 Å². The minimum Gasteiger partial charge on any atom is -0.346 e. The van der Waals surface area contributed by atoms with Gasteiger partial charge in [0, 0.05) is 12.1 Å². The standard InChI is InChI=1S/C8H14N6O/c1-5-4-6(2-3-9-5)10-8(15)7-11-13-14-12-7/h5-6,9H,2-4H2,1H3,(H,10,15)(H,11,12,13,14).